The fraction of sp³-hybridized carbons (Fsp3) is 0.222. The van der Waals surface area contributed by atoms with Crippen LogP contribution in [-0.2, 0) is 12.8 Å². The van der Waals surface area contributed by atoms with Gasteiger partial charge in [-0.3, -0.25) is 4.79 Å². The van der Waals surface area contributed by atoms with Gasteiger partial charge in [-0.1, -0.05) is 49.5 Å². The fourth-order valence-corrected chi connectivity index (χ4v) is 2.53. The maximum Gasteiger partial charge on any atom is 0.255 e. The lowest BCUT2D eigenvalue weighted by atomic mass is 10.0. The molecule has 0 aliphatic carbocycles. The molecular weight excluding hydrogens is 292 g/mol. The van der Waals surface area contributed by atoms with E-state index in [1.54, 1.807) is 12.1 Å². The summed E-state index contributed by atoms with van der Waals surface area (Å²) in [6.07, 6.45) is 1.43. The number of nitrogens with two attached hydrogens (primary N) is 1. The number of hydrogen-bond acceptors (Lipinski definition) is 2. The Hall–Kier alpha value is -2.20. The third kappa shape index (κ3) is 3.92. The molecule has 2 aromatic carbocycles. The predicted molar refractivity (Wildman–Crippen MR) is 95.4 cm³/mol. The van der Waals surface area contributed by atoms with Gasteiger partial charge in [0.05, 0.1) is 4.99 Å². The lowest BCUT2D eigenvalue weighted by molar-refractivity contribution is 0.102. The van der Waals surface area contributed by atoms with Crippen molar-refractivity contribution in [3.05, 3.63) is 64.7 Å². The average Bonchev–Trinajstić information content (AvgIpc) is 2.49. The summed E-state index contributed by atoms with van der Waals surface area (Å²) in [5.74, 6) is -0.106. The summed E-state index contributed by atoms with van der Waals surface area (Å²) < 4.78 is 0. The summed E-state index contributed by atoms with van der Waals surface area (Å²) in [6, 6.07) is 13.4. The molecule has 0 saturated heterocycles. The predicted octanol–water partition coefficient (Wildman–Crippen LogP) is 3.64. The van der Waals surface area contributed by atoms with Crippen molar-refractivity contribution in [3.63, 3.8) is 0 Å². The van der Waals surface area contributed by atoms with E-state index in [-0.39, 0.29) is 5.91 Å². The number of amides is 1. The molecule has 0 heterocycles. The minimum absolute atomic E-state index is 0.106. The van der Waals surface area contributed by atoms with Crippen LogP contribution in [0, 0.1) is 6.92 Å². The van der Waals surface area contributed by atoms with E-state index in [0.717, 1.165) is 28.8 Å². The fourth-order valence-electron chi connectivity index (χ4n) is 2.36. The zero-order chi connectivity index (χ0) is 16.1. The van der Waals surface area contributed by atoms with Crippen molar-refractivity contribution < 1.29 is 4.79 Å². The van der Waals surface area contributed by atoms with Gasteiger partial charge in [0.2, 0.25) is 0 Å². The second kappa shape index (κ2) is 7.18. The molecule has 3 N–H and O–H groups in total. The van der Waals surface area contributed by atoms with Crippen molar-refractivity contribution in [2.45, 2.75) is 26.7 Å². The van der Waals surface area contributed by atoms with Gasteiger partial charge in [-0.05, 0) is 42.2 Å². The molecule has 0 aliphatic rings. The van der Waals surface area contributed by atoms with Gasteiger partial charge in [0.25, 0.3) is 5.91 Å². The number of nitrogens with one attached hydrogen (secondary N) is 1. The van der Waals surface area contributed by atoms with Crippen molar-refractivity contribution >= 4 is 28.8 Å². The van der Waals surface area contributed by atoms with Crippen molar-refractivity contribution in [1.29, 1.82) is 0 Å². The third-order valence-electron chi connectivity index (χ3n) is 3.57. The number of thiocarbonyl (C=S) groups is 1. The first-order valence-electron chi connectivity index (χ1n) is 7.28. The minimum atomic E-state index is -0.106. The van der Waals surface area contributed by atoms with Crippen LogP contribution in [-0.4, -0.2) is 10.9 Å². The van der Waals surface area contributed by atoms with E-state index < -0.39 is 0 Å². The van der Waals surface area contributed by atoms with E-state index in [9.17, 15) is 4.79 Å². The molecule has 2 rings (SSSR count). The highest BCUT2D eigenvalue weighted by Crippen LogP contribution is 2.22. The molecule has 0 unspecified atom stereocenters. The number of benzene rings is 2. The largest absolute Gasteiger partial charge is 0.393 e. The Kier molecular flexibility index (Phi) is 5.28. The molecule has 0 radical (unpaired) electrons. The van der Waals surface area contributed by atoms with Gasteiger partial charge in [-0.2, -0.15) is 0 Å². The Labute approximate surface area is 136 Å². The van der Waals surface area contributed by atoms with Gasteiger partial charge in [0, 0.05) is 17.7 Å². The topological polar surface area (TPSA) is 55.1 Å². The van der Waals surface area contributed by atoms with Crippen LogP contribution in [0.4, 0.5) is 5.69 Å². The van der Waals surface area contributed by atoms with Crippen LogP contribution in [0.5, 0.6) is 0 Å². The average molecular weight is 312 g/mol. The summed E-state index contributed by atoms with van der Waals surface area (Å²) in [5, 5.41) is 3.02. The molecule has 0 bridgehead atoms. The normalized spacial score (nSPS) is 10.3. The molecule has 114 valence electrons. The van der Waals surface area contributed by atoms with Gasteiger partial charge < -0.3 is 11.1 Å². The highest BCUT2D eigenvalue weighted by molar-refractivity contribution is 7.80. The number of hydrogen-bond donors (Lipinski definition) is 2. The smallest absolute Gasteiger partial charge is 0.255 e. The van der Waals surface area contributed by atoms with Crippen molar-refractivity contribution in [1.82, 2.24) is 0 Å². The number of carbonyl (C=O) groups is 1. The molecule has 3 nitrogen and oxygen atoms in total. The molecule has 2 aromatic rings. The summed E-state index contributed by atoms with van der Waals surface area (Å²) in [7, 11) is 0. The van der Waals surface area contributed by atoms with Gasteiger partial charge >= 0.3 is 0 Å². The molecule has 4 heteroatoms. The summed E-state index contributed by atoms with van der Waals surface area (Å²) in [6.45, 7) is 4.08. The van der Waals surface area contributed by atoms with Crippen molar-refractivity contribution in [2.24, 2.45) is 5.73 Å². The Morgan fingerprint density at radius 2 is 1.86 bits per heavy atom. The maximum absolute atomic E-state index is 12.4. The first-order valence-corrected chi connectivity index (χ1v) is 7.69. The monoisotopic (exact) mass is 312 g/mol. The Morgan fingerprint density at radius 3 is 2.45 bits per heavy atom. The van der Waals surface area contributed by atoms with Crippen molar-refractivity contribution in [2.75, 3.05) is 5.32 Å². The van der Waals surface area contributed by atoms with E-state index in [2.05, 4.69) is 12.2 Å². The van der Waals surface area contributed by atoms with Crippen LogP contribution in [0.3, 0.4) is 0 Å². The third-order valence-corrected chi connectivity index (χ3v) is 3.72. The van der Waals surface area contributed by atoms with E-state index in [4.69, 9.17) is 18.0 Å². The summed E-state index contributed by atoms with van der Waals surface area (Å²) >= 11 is 4.89. The van der Waals surface area contributed by atoms with Crippen LogP contribution in [0.25, 0.3) is 0 Å². The first kappa shape index (κ1) is 16.2. The number of anilines is 1. The zero-order valence-electron chi connectivity index (χ0n) is 12.8. The second-order valence-corrected chi connectivity index (χ2v) is 5.78. The second-order valence-electron chi connectivity index (χ2n) is 5.26. The van der Waals surface area contributed by atoms with Gasteiger partial charge in [0.15, 0.2) is 0 Å². The van der Waals surface area contributed by atoms with E-state index in [0.29, 0.717) is 17.0 Å². The molecular formula is C18H20N2OS. The standard InChI is InChI=1S/C18H20N2OS/c1-3-14-6-4-5-12(2)17(14)20-18(21)15-9-7-13(8-10-15)11-16(19)22/h4-10H,3,11H2,1-2H3,(H2,19,22)(H,20,21). The number of para-hydroxylation sites is 1. The Bertz CT molecular complexity index is 693. The van der Waals surface area contributed by atoms with E-state index in [1.807, 2.05) is 37.3 Å². The molecule has 0 fully saturated rings. The van der Waals surface area contributed by atoms with Crippen molar-refractivity contribution in [3.8, 4) is 0 Å². The molecule has 0 aromatic heterocycles. The van der Waals surface area contributed by atoms with Gasteiger partial charge in [-0.25, -0.2) is 0 Å². The van der Waals surface area contributed by atoms with Gasteiger partial charge in [-0.15, -0.1) is 0 Å². The highest BCUT2D eigenvalue weighted by Gasteiger charge is 2.10. The van der Waals surface area contributed by atoms with Crippen LogP contribution >= 0.6 is 12.2 Å². The number of carbonyl (C=O) groups excluding carboxylic acids is 1. The zero-order valence-corrected chi connectivity index (χ0v) is 13.7. The van der Waals surface area contributed by atoms with Gasteiger partial charge in [0.1, 0.15) is 0 Å². The molecule has 1 amide bonds. The summed E-state index contributed by atoms with van der Waals surface area (Å²) in [4.78, 5) is 12.9. The molecule has 0 aliphatic heterocycles. The molecule has 0 spiro atoms. The maximum atomic E-state index is 12.4. The van der Waals surface area contributed by atoms with Crippen LogP contribution in [0.1, 0.15) is 34.0 Å². The number of aryl methyl sites for hydroxylation is 2. The SMILES string of the molecule is CCc1cccc(C)c1NC(=O)c1ccc(CC(N)=S)cc1. The van der Waals surface area contributed by atoms with Crippen LogP contribution in [0.15, 0.2) is 42.5 Å². The first-order chi connectivity index (χ1) is 10.5. The van der Waals surface area contributed by atoms with E-state index in [1.165, 1.54) is 0 Å². The molecule has 0 atom stereocenters. The summed E-state index contributed by atoms with van der Waals surface area (Å²) in [5.41, 5.74) is 10.3. The van der Waals surface area contributed by atoms with Crippen LogP contribution in [0.2, 0.25) is 0 Å². The lowest BCUT2D eigenvalue weighted by Gasteiger charge is -2.13. The van der Waals surface area contributed by atoms with Crippen LogP contribution < -0.4 is 11.1 Å². The Morgan fingerprint density at radius 1 is 1.18 bits per heavy atom. The molecule has 0 saturated carbocycles. The molecule has 22 heavy (non-hydrogen) atoms. The quantitative estimate of drug-likeness (QED) is 0.829. The lowest BCUT2D eigenvalue weighted by Crippen LogP contribution is -2.15. The minimum Gasteiger partial charge on any atom is -0.393 e. The van der Waals surface area contributed by atoms with E-state index >= 15 is 0 Å². The number of rotatable bonds is 5. The highest BCUT2D eigenvalue weighted by atomic mass is 32.1. The Balaban J connectivity index is 2.17.